The van der Waals surface area contributed by atoms with Crippen LogP contribution in [0.1, 0.15) is 63.5 Å². The van der Waals surface area contributed by atoms with E-state index in [4.69, 9.17) is 4.74 Å². The summed E-state index contributed by atoms with van der Waals surface area (Å²) in [6, 6.07) is 14.5. The van der Waals surface area contributed by atoms with Crippen molar-refractivity contribution < 1.29 is 24.2 Å². The fraction of sp³-hybridized carbons (Fsp3) is 0.464. The topological polar surface area (TPSA) is 95.9 Å². The molecule has 1 aliphatic carbocycles. The quantitative estimate of drug-likeness (QED) is 0.622. The lowest BCUT2D eigenvalue weighted by Crippen LogP contribution is -2.56. The number of carboxylic acids is 1. The molecule has 2 atom stereocenters. The molecule has 35 heavy (non-hydrogen) atoms. The average molecular weight is 479 g/mol. The van der Waals surface area contributed by atoms with Gasteiger partial charge in [-0.3, -0.25) is 4.79 Å². The molecule has 2 unspecified atom stereocenters. The second-order valence-electron chi connectivity index (χ2n) is 10.7. The molecule has 1 aliphatic heterocycles. The molecule has 2 aliphatic rings. The number of aliphatic carboxylic acids is 1. The zero-order valence-corrected chi connectivity index (χ0v) is 20.6. The molecule has 2 aromatic rings. The number of rotatable bonds is 6. The van der Waals surface area contributed by atoms with Gasteiger partial charge in [0.25, 0.3) is 0 Å². The van der Waals surface area contributed by atoms with Crippen molar-refractivity contribution in [2.24, 2.45) is 5.41 Å². The molecule has 0 saturated carbocycles. The predicted octanol–water partition coefficient (Wildman–Crippen LogP) is 4.80. The standard InChI is InChI=1S/C28H34N2O5/c1-28(2,3)16-23(25(31)30-15-9-8-14-24(30)26(32)33)29-27(34)35-17-22-20-12-6-4-10-18(20)19-11-5-7-13-21(19)22/h4-7,10-13,22-24H,8-9,14-17H2,1-3H3,(H,29,34)(H,32,33). The Bertz CT molecular complexity index is 1060. The summed E-state index contributed by atoms with van der Waals surface area (Å²) in [6.07, 6.45) is 1.65. The smallest absolute Gasteiger partial charge is 0.407 e. The third kappa shape index (κ3) is 5.50. The molecule has 1 heterocycles. The number of carbonyl (C=O) groups excluding carboxylic acids is 2. The van der Waals surface area contributed by atoms with E-state index < -0.39 is 24.1 Å². The Morgan fingerprint density at radius 2 is 1.63 bits per heavy atom. The average Bonchev–Trinajstić information content (AvgIpc) is 3.14. The highest BCUT2D eigenvalue weighted by Crippen LogP contribution is 2.44. The highest BCUT2D eigenvalue weighted by atomic mass is 16.5. The van der Waals surface area contributed by atoms with Crippen LogP contribution in [0, 0.1) is 5.41 Å². The van der Waals surface area contributed by atoms with Crippen molar-refractivity contribution in [3.05, 3.63) is 59.7 Å². The third-order valence-electron chi connectivity index (χ3n) is 6.82. The maximum atomic E-state index is 13.4. The number of nitrogens with zero attached hydrogens (tertiary/aromatic N) is 1. The van der Waals surface area contributed by atoms with Crippen LogP contribution in [0.25, 0.3) is 11.1 Å². The van der Waals surface area contributed by atoms with E-state index in [2.05, 4.69) is 29.6 Å². The van der Waals surface area contributed by atoms with E-state index in [0.29, 0.717) is 19.4 Å². The summed E-state index contributed by atoms with van der Waals surface area (Å²) in [7, 11) is 0. The zero-order valence-electron chi connectivity index (χ0n) is 20.6. The van der Waals surface area contributed by atoms with Crippen LogP contribution >= 0.6 is 0 Å². The van der Waals surface area contributed by atoms with E-state index in [1.165, 1.54) is 4.90 Å². The van der Waals surface area contributed by atoms with Gasteiger partial charge in [-0.25, -0.2) is 9.59 Å². The number of alkyl carbamates (subject to hydrolysis) is 1. The minimum Gasteiger partial charge on any atom is -0.480 e. The van der Waals surface area contributed by atoms with Crippen LogP contribution in [-0.2, 0) is 14.3 Å². The lowest BCUT2D eigenvalue weighted by Gasteiger charge is -2.37. The SMILES string of the molecule is CC(C)(C)CC(NC(=O)OCC1c2ccccc2-c2ccccc21)C(=O)N1CCCCC1C(=O)O. The fourth-order valence-electron chi connectivity index (χ4n) is 5.25. The third-order valence-corrected chi connectivity index (χ3v) is 6.82. The Labute approximate surface area is 206 Å². The minimum atomic E-state index is -1.01. The van der Waals surface area contributed by atoms with Crippen LogP contribution in [-0.4, -0.2) is 53.2 Å². The number of likely N-dealkylation sites (tertiary alicyclic amines) is 1. The molecule has 1 saturated heterocycles. The number of hydrogen-bond acceptors (Lipinski definition) is 4. The number of nitrogens with one attached hydrogen (secondary N) is 1. The van der Waals surface area contributed by atoms with Crippen molar-refractivity contribution in [3.8, 4) is 11.1 Å². The van der Waals surface area contributed by atoms with Crippen molar-refractivity contribution in [2.75, 3.05) is 13.2 Å². The largest absolute Gasteiger partial charge is 0.480 e. The molecule has 186 valence electrons. The number of fused-ring (bicyclic) bond motifs is 3. The number of amides is 2. The summed E-state index contributed by atoms with van der Waals surface area (Å²) in [4.78, 5) is 39.5. The van der Waals surface area contributed by atoms with Crippen molar-refractivity contribution in [1.29, 1.82) is 0 Å². The molecule has 7 nitrogen and oxygen atoms in total. The van der Waals surface area contributed by atoms with Gasteiger partial charge in [-0.1, -0.05) is 69.3 Å². The Morgan fingerprint density at radius 1 is 1.03 bits per heavy atom. The monoisotopic (exact) mass is 478 g/mol. The van der Waals surface area contributed by atoms with Crippen molar-refractivity contribution in [2.45, 2.75) is 64.5 Å². The van der Waals surface area contributed by atoms with Gasteiger partial charge in [0.1, 0.15) is 18.7 Å². The van der Waals surface area contributed by atoms with Gasteiger partial charge < -0.3 is 20.1 Å². The molecule has 7 heteroatoms. The molecule has 0 spiro atoms. The number of hydrogen-bond donors (Lipinski definition) is 2. The number of ether oxygens (including phenoxy) is 1. The molecule has 1 fully saturated rings. The number of benzene rings is 2. The van der Waals surface area contributed by atoms with E-state index in [-0.39, 0.29) is 23.8 Å². The zero-order chi connectivity index (χ0) is 25.2. The summed E-state index contributed by atoms with van der Waals surface area (Å²) >= 11 is 0. The summed E-state index contributed by atoms with van der Waals surface area (Å²) < 4.78 is 5.66. The van der Waals surface area contributed by atoms with E-state index >= 15 is 0 Å². The van der Waals surface area contributed by atoms with E-state index in [1.54, 1.807) is 0 Å². The maximum absolute atomic E-state index is 13.4. The molecule has 2 N–H and O–H groups in total. The molecule has 0 aromatic heterocycles. The van der Waals surface area contributed by atoms with Gasteiger partial charge in [0, 0.05) is 12.5 Å². The number of carbonyl (C=O) groups is 3. The van der Waals surface area contributed by atoms with Crippen LogP contribution < -0.4 is 5.32 Å². The lowest BCUT2D eigenvalue weighted by molar-refractivity contribution is -0.153. The summed E-state index contributed by atoms with van der Waals surface area (Å²) in [6.45, 7) is 6.48. The van der Waals surface area contributed by atoms with Gasteiger partial charge in [0.15, 0.2) is 0 Å². The van der Waals surface area contributed by atoms with Gasteiger partial charge in [0.05, 0.1) is 0 Å². The molecule has 2 amide bonds. The first kappa shape index (κ1) is 24.8. The van der Waals surface area contributed by atoms with E-state index in [9.17, 15) is 19.5 Å². The van der Waals surface area contributed by atoms with Crippen LogP contribution in [0.4, 0.5) is 4.79 Å². The van der Waals surface area contributed by atoms with Crippen molar-refractivity contribution in [1.82, 2.24) is 10.2 Å². The normalized spacial score (nSPS) is 18.4. The first-order valence-corrected chi connectivity index (χ1v) is 12.3. The summed E-state index contributed by atoms with van der Waals surface area (Å²) in [5.41, 5.74) is 4.25. The van der Waals surface area contributed by atoms with E-state index in [0.717, 1.165) is 35.1 Å². The second kappa shape index (κ2) is 10.1. The highest BCUT2D eigenvalue weighted by molar-refractivity contribution is 5.89. The first-order chi connectivity index (χ1) is 16.7. The summed E-state index contributed by atoms with van der Waals surface area (Å²) in [5.74, 6) is -1.45. The van der Waals surface area contributed by atoms with E-state index in [1.807, 2.05) is 45.0 Å². The first-order valence-electron chi connectivity index (χ1n) is 12.3. The second-order valence-corrected chi connectivity index (χ2v) is 10.7. The van der Waals surface area contributed by atoms with Gasteiger partial charge >= 0.3 is 12.1 Å². The van der Waals surface area contributed by atoms with Crippen LogP contribution in [0.2, 0.25) is 0 Å². The summed E-state index contributed by atoms with van der Waals surface area (Å²) in [5, 5.41) is 12.4. The Morgan fingerprint density at radius 3 is 2.20 bits per heavy atom. The van der Waals surface area contributed by atoms with Gasteiger partial charge in [-0.05, 0) is 53.4 Å². The molecular formula is C28H34N2O5. The number of carboxylic acid groups (broad SMARTS) is 1. The Hall–Kier alpha value is -3.35. The van der Waals surface area contributed by atoms with Crippen molar-refractivity contribution >= 4 is 18.0 Å². The number of piperidine rings is 1. The van der Waals surface area contributed by atoms with Gasteiger partial charge in [-0.15, -0.1) is 0 Å². The Kier molecular flexibility index (Phi) is 7.15. The van der Waals surface area contributed by atoms with Crippen molar-refractivity contribution in [3.63, 3.8) is 0 Å². The van der Waals surface area contributed by atoms with Gasteiger partial charge in [-0.2, -0.15) is 0 Å². The van der Waals surface area contributed by atoms with Crippen LogP contribution in [0.3, 0.4) is 0 Å². The van der Waals surface area contributed by atoms with Gasteiger partial charge in [0.2, 0.25) is 5.91 Å². The highest BCUT2D eigenvalue weighted by Gasteiger charge is 2.38. The lowest BCUT2D eigenvalue weighted by atomic mass is 9.87. The molecule has 0 radical (unpaired) electrons. The molecule has 0 bridgehead atoms. The van der Waals surface area contributed by atoms with Crippen LogP contribution in [0.15, 0.2) is 48.5 Å². The minimum absolute atomic E-state index is 0.0802. The fourth-order valence-corrected chi connectivity index (χ4v) is 5.25. The molecule has 4 rings (SSSR count). The van der Waals surface area contributed by atoms with Crippen LogP contribution in [0.5, 0.6) is 0 Å². The molecule has 2 aromatic carbocycles. The predicted molar refractivity (Wildman–Crippen MR) is 133 cm³/mol. The maximum Gasteiger partial charge on any atom is 0.407 e. The molecular weight excluding hydrogens is 444 g/mol. The Balaban J connectivity index is 1.47.